The fraction of sp³-hybridized carbons (Fsp3) is 0.650. The van der Waals surface area contributed by atoms with Crippen molar-refractivity contribution in [3.05, 3.63) is 29.8 Å². The van der Waals surface area contributed by atoms with Crippen molar-refractivity contribution in [1.82, 2.24) is 4.90 Å². The number of carbonyl (C=O) groups excluding carboxylic acids is 1. The van der Waals surface area contributed by atoms with Crippen LogP contribution in [0.15, 0.2) is 29.2 Å². The van der Waals surface area contributed by atoms with Crippen molar-refractivity contribution in [3.8, 4) is 0 Å². The van der Waals surface area contributed by atoms with E-state index in [1.807, 2.05) is 0 Å². The Morgan fingerprint density at radius 2 is 1.79 bits per heavy atom. The average Bonchev–Trinajstić information content (AvgIpc) is 2.60. The first-order valence-corrected chi connectivity index (χ1v) is 11.1. The molecule has 9 heteroatoms. The van der Waals surface area contributed by atoms with Crippen molar-refractivity contribution in [1.29, 1.82) is 0 Å². The Kier molecular flexibility index (Phi) is 6.92. The largest absolute Gasteiger partial charge is 0.444 e. The van der Waals surface area contributed by atoms with Crippen LogP contribution in [0.2, 0.25) is 0 Å². The topological polar surface area (TPSA) is 63.7 Å². The maximum atomic E-state index is 12.9. The van der Waals surface area contributed by atoms with Gasteiger partial charge in [0.2, 0.25) is 0 Å². The molecule has 0 bridgehead atoms. The molecule has 1 atom stereocenters. The fourth-order valence-corrected chi connectivity index (χ4v) is 4.91. The molecule has 0 N–H and O–H groups in total. The van der Waals surface area contributed by atoms with Crippen LogP contribution in [0.4, 0.5) is 18.0 Å². The highest BCUT2D eigenvalue weighted by Crippen LogP contribution is 2.33. The molecule has 1 saturated heterocycles. The summed E-state index contributed by atoms with van der Waals surface area (Å²) in [7, 11) is -3.88. The van der Waals surface area contributed by atoms with Crippen LogP contribution in [0.5, 0.6) is 0 Å². The van der Waals surface area contributed by atoms with Crippen molar-refractivity contribution in [2.45, 2.75) is 68.9 Å². The number of benzene rings is 1. The summed E-state index contributed by atoms with van der Waals surface area (Å²) < 4.78 is 69.6. The van der Waals surface area contributed by atoms with E-state index >= 15 is 0 Å². The smallest absolute Gasteiger partial charge is 0.416 e. The molecule has 1 aliphatic heterocycles. The lowest BCUT2D eigenvalue weighted by molar-refractivity contribution is -0.137. The third kappa shape index (κ3) is 6.35. The van der Waals surface area contributed by atoms with Gasteiger partial charge in [-0.05, 0) is 71.1 Å². The Hall–Kier alpha value is -1.77. The Morgan fingerprint density at radius 1 is 1.21 bits per heavy atom. The molecule has 1 aromatic rings. The lowest BCUT2D eigenvalue weighted by Gasteiger charge is -2.34. The molecule has 1 fully saturated rings. The fourth-order valence-electron chi connectivity index (χ4n) is 3.36. The van der Waals surface area contributed by atoms with Crippen molar-refractivity contribution in [2.24, 2.45) is 5.92 Å². The molecular weight excluding hydrogens is 407 g/mol. The van der Waals surface area contributed by atoms with Gasteiger partial charge in [-0.1, -0.05) is 6.07 Å². The third-order valence-corrected chi connectivity index (χ3v) is 7.11. The predicted molar refractivity (Wildman–Crippen MR) is 103 cm³/mol. The Bertz CT molecular complexity index is 823. The van der Waals surface area contributed by atoms with E-state index in [2.05, 4.69) is 0 Å². The predicted octanol–water partition coefficient (Wildman–Crippen LogP) is 4.90. The van der Waals surface area contributed by atoms with Crippen molar-refractivity contribution in [3.63, 3.8) is 0 Å². The number of hydrogen-bond donors (Lipinski definition) is 0. The minimum atomic E-state index is -4.59. The van der Waals surface area contributed by atoms with Gasteiger partial charge >= 0.3 is 12.3 Å². The number of carbonyl (C=O) groups is 1. The van der Waals surface area contributed by atoms with E-state index in [9.17, 15) is 26.4 Å². The summed E-state index contributed by atoms with van der Waals surface area (Å²) in [5, 5.41) is -0.816. The van der Waals surface area contributed by atoms with E-state index in [4.69, 9.17) is 4.74 Å². The molecule has 2 rings (SSSR count). The number of hydrogen-bond acceptors (Lipinski definition) is 4. The standard InChI is InChI=1S/C20H28F3NO4S/c1-14(29(26,27)17-7-5-6-16(13-17)20(21,22)23)12-15-8-10-24(11-9-15)18(25)28-19(2,3)4/h5-7,13-15H,8-12H2,1-4H3. The van der Waals surface area contributed by atoms with Gasteiger partial charge in [0.15, 0.2) is 9.84 Å². The van der Waals surface area contributed by atoms with E-state index in [-0.39, 0.29) is 16.9 Å². The second kappa shape index (κ2) is 8.53. The molecule has 1 aromatic carbocycles. The van der Waals surface area contributed by atoms with Crippen molar-refractivity contribution < 1.29 is 31.1 Å². The summed E-state index contributed by atoms with van der Waals surface area (Å²) in [5.41, 5.74) is -1.56. The first kappa shape index (κ1) is 23.5. The first-order chi connectivity index (χ1) is 13.2. The minimum absolute atomic E-state index is 0.0734. The molecule has 29 heavy (non-hydrogen) atoms. The Labute approximate surface area is 170 Å². The second-order valence-corrected chi connectivity index (χ2v) is 10.9. The van der Waals surface area contributed by atoms with Gasteiger partial charge in [-0.15, -0.1) is 0 Å². The van der Waals surface area contributed by atoms with E-state index < -0.39 is 32.4 Å². The molecule has 1 heterocycles. The number of nitrogens with zero attached hydrogens (tertiary/aromatic N) is 1. The zero-order valence-electron chi connectivity index (χ0n) is 17.1. The quantitative estimate of drug-likeness (QED) is 0.675. The molecule has 0 aliphatic carbocycles. The molecule has 5 nitrogen and oxygen atoms in total. The summed E-state index contributed by atoms with van der Waals surface area (Å²) in [6, 6.07) is 3.86. The highest BCUT2D eigenvalue weighted by atomic mass is 32.2. The zero-order chi connectivity index (χ0) is 22.0. The Balaban J connectivity index is 1.99. The Morgan fingerprint density at radius 3 is 2.31 bits per heavy atom. The van der Waals surface area contributed by atoms with Gasteiger partial charge in [-0.25, -0.2) is 13.2 Å². The van der Waals surface area contributed by atoms with Gasteiger partial charge < -0.3 is 9.64 Å². The van der Waals surface area contributed by atoms with E-state index in [1.165, 1.54) is 13.0 Å². The highest BCUT2D eigenvalue weighted by molar-refractivity contribution is 7.92. The average molecular weight is 436 g/mol. The second-order valence-electron chi connectivity index (χ2n) is 8.53. The van der Waals surface area contributed by atoms with Gasteiger partial charge in [0.05, 0.1) is 15.7 Å². The maximum Gasteiger partial charge on any atom is 0.416 e. The number of amides is 1. The lowest BCUT2D eigenvalue weighted by Crippen LogP contribution is -2.42. The number of rotatable bonds is 4. The van der Waals surface area contributed by atoms with Crippen LogP contribution < -0.4 is 0 Å². The van der Waals surface area contributed by atoms with Crippen LogP contribution in [0.3, 0.4) is 0 Å². The molecule has 0 aromatic heterocycles. The SMILES string of the molecule is CC(CC1CCN(C(=O)OC(C)(C)C)CC1)S(=O)(=O)c1cccc(C(F)(F)F)c1. The molecule has 0 radical (unpaired) electrons. The number of piperidine rings is 1. The number of likely N-dealkylation sites (tertiary alicyclic amines) is 1. The number of ether oxygens (including phenoxy) is 1. The van der Waals surface area contributed by atoms with Crippen LogP contribution in [-0.4, -0.2) is 43.4 Å². The third-order valence-electron chi connectivity index (χ3n) is 4.95. The van der Waals surface area contributed by atoms with E-state index in [0.717, 1.165) is 12.1 Å². The van der Waals surface area contributed by atoms with Crippen molar-refractivity contribution >= 4 is 15.9 Å². The van der Waals surface area contributed by atoms with Gasteiger partial charge in [-0.3, -0.25) is 0 Å². The summed E-state index contributed by atoms with van der Waals surface area (Å²) in [6.45, 7) is 7.83. The molecule has 1 amide bonds. The molecule has 1 aliphatic rings. The minimum Gasteiger partial charge on any atom is -0.444 e. The molecule has 0 spiro atoms. The van der Waals surface area contributed by atoms with Crippen LogP contribution in [0.25, 0.3) is 0 Å². The number of alkyl halides is 3. The number of halogens is 3. The van der Waals surface area contributed by atoms with Gasteiger partial charge in [0.1, 0.15) is 5.60 Å². The van der Waals surface area contributed by atoms with Crippen LogP contribution in [-0.2, 0) is 20.8 Å². The molecule has 164 valence electrons. The van der Waals surface area contributed by atoms with E-state index in [1.54, 1.807) is 25.7 Å². The van der Waals surface area contributed by atoms with Gasteiger partial charge in [0.25, 0.3) is 0 Å². The maximum absolute atomic E-state index is 12.9. The zero-order valence-corrected chi connectivity index (χ0v) is 17.9. The summed E-state index contributed by atoms with van der Waals surface area (Å²) in [5.74, 6) is 0.0734. The van der Waals surface area contributed by atoms with Gasteiger partial charge in [0, 0.05) is 13.1 Å². The highest BCUT2D eigenvalue weighted by Gasteiger charge is 2.34. The number of sulfone groups is 1. The monoisotopic (exact) mass is 435 g/mol. The van der Waals surface area contributed by atoms with Crippen LogP contribution >= 0.6 is 0 Å². The van der Waals surface area contributed by atoms with E-state index in [0.29, 0.717) is 38.4 Å². The normalized spacial score (nSPS) is 17.8. The van der Waals surface area contributed by atoms with Crippen molar-refractivity contribution in [2.75, 3.05) is 13.1 Å². The molecule has 1 unspecified atom stereocenters. The molecule has 0 saturated carbocycles. The van der Waals surface area contributed by atoms with Gasteiger partial charge in [-0.2, -0.15) is 13.2 Å². The lowest BCUT2D eigenvalue weighted by atomic mass is 9.92. The summed E-state index contributed by atoms with van der Waals surface area (Å²) >= 11 is 0. The first-order valence-electron chi connectivity index (χ1n) is 9.59. The van der Waals surface area contributed by atoms with Crippen LogP contribution in [0.1, 0.15) is 52.5 Å². The summed E-state index contributed by atoms with van der Waals surface area (Å²) in [6.07, 6.45) is -3.39. The summed E-state index contributed by atoms with van der Waals surface area (Å²) in [4.78, 5) is 13.4. The van der Waals surface area contributed by atoms with Crippen LogP contribution in [0, 0.1) is 5.92 Å². The molecular formula is C20H28F3NO4S.